The molecular formula is C12H13F3. The van der Waals surface area contributed by atoms with E-state index in [1.807, 2.05) is 0 Å². The van der Waals surface area contributed by atoms with E-state index in [2.05, 4.69) is 0 Å². The van der Waals surface area contributed by atoms with E-state index in [9.17, 15) is 13.2 Å². The zero-order chi connectivity index (χ0) is 10.9. The highest BCUT2D eigenvalue weighted by atomic mass is 19.4. The Bertz CT molecular complexity index is 337. The van der Waals surface area contributed by atoms with Crippen molar-refractivity contribution in [3.8, 4) is 0 Å². The van der Waals surface area contributed by atoms with Crippen molar-refractivity contribution in [1.29, 1.82) is 0 Å². The maximum atomic E-state index is 12.4. The molecule has 0 heterocycles. The standard InChI is InChI=1S/C12H13F3/c13-12(14,15)11-3-1-2-10(8-11)7-6-9-4-5-9/h1-3,8-9H,4-7H2. The Balaban J connectivity index is 2.04. The van der Waals surface area contributed by atoms with Crippen molar-refractivity contribution in [2.75, 3.05) is 0 Å². The Morgan fingerprint density at radius 2 is 1.93 bits per heavy atom. The molecule has 1 saturated carbocycles. The molecule has 0 unspecified atom stereocenters. The van der Waals surface area contributed by atoms with Crippen molar-refractivity contribution in [2.24, 2.45) is 5.92 Å². The monoisotopic (exact) mass is 214 g/mol. The largest absolute Gasteiger partial charge is 0.416 e. The summed E-state index contributed by atoms with van der Waals surface area (Å²) in [5.74, 6) is 0.763. The summed E-state index contributed by atoms with van der Waals surface area (Å²) in [7, 11) is 0. The molecule has 0 N–H and O–H groups in total. The van der Waals surface area contributed by atoms with Gasteiger partial charge in [-0.1, -0.05) is 31.0 Å². The maximum absolute atomic E-state index is 12.4. The molecule has 0 radical (unpaired) electrons. The van der Waals surface area contributed by atoms with Crippen molar-refractivity contribution < 1.29 is 13.2 Å². The normalized spacial score (nSPS) is 16.7. The average molecular weight is 214 g/mol. The minimum atomic E-state index is -4.21. The third kappa shape index (κ3) is 2.98. The Morgan fingerprint density at radius 1 is 1.20 bits per heavy atom. The Hall–Kier alpha value is -0.990. The maximum Gasteiger partial charge on any atom is 0.416 e. The molecule has 1 fully saturated rings. The summed E-state index contributed by atoms with van der Waals surface area (Å²) >= 11 is 0. The van der Waals surface area contributed by atoms with E-state index in [0.29, 0.717) is 0 Å². The predicted molar refractivity (Wildman–Crippen MR) is 52.5 cm³/mol. The van der Waals surface area contributed by atoms with Gasteiger partial charge in [-0.05, 0) is 30.4 Å². The second kappa shape index (κ2) is 3.87. The lowest BCUT2D eigenvalue weighted by molar-refractivity contribution is -0.137. The van der Waals surface area contributed by atoms with Gasteiger partial charge in [0.25, 0.3) is 0 Å². The quantitative estimate of drug-likeness (QED) is 0.712. The summed E-state index contributed by atoms with van der Waals surface area (Å²) in [4.78, 5) is 0. The summed E-state index contributed by atoms with van der Waals surface area (Å²) in [6, 6.07) is 5.66. The van der Waals surface area contributed by atoms with Gasteiger partial charge in [-0.15, -0.1) is 0 Å². The number of benzene rings is 1. The molecule has 0 spiro atoms. The van der Waals surface area contributed by atoms with Gasteiger partial charge in [-0.3, -0.25) is 0 Å². The molecular weight excluding hydrogens is 201 g/mol. The first-order valence-corrected chi connectivity index (χ1v) is 5.22. The van der Waals surface area contributed by atoms with Gasteiger partial charge in [-0.25, -0.2) is 0 Å². The molecule has 0 nitrogen and oxygen atoms in total. The lowest BCUT2D eigenvalue weighted by Crippen LogP contribution is -2.05. The molecule has 82 valence electrons. The highest BCUT2D eigenvalue weighted by molar-refractivity contribution is 5.25. The van der Waals surface area contributed by atoms with Crippen LogP contribution >= 0.6 is 0 Å². The molecule has 0 bridgehead atoms. The smallest absolute Gasteiger partial charge is 0.166 e. The third-order valence-corrected chi connectivity index (χ3v) is 2.79. The SMILES string of the molecule is FC(F)(F)c1cccc(CCC2CC2)c1. The highest BCUT2D eigenvalue weighted by Crippen LogP contribution is 2.34. The van der Waals surface area contributed by atoms with Gasteiger partial charge in [-0.2, -0.15) is 13.2 Å². The van der Waals surface area contributed by atoms with Crippen LogP contribution in [0, 0.1) is 5.92 Å². The van der Waals surface area contributed by atoms with Crippen LogP contribution in [0.4, 0.5) is 13.2 Å². The Morgan fingerprint density at radius 3 is 2.53 bits per heavy atom. The van der Waals surface area contributed by atoms with Crippen LogP contribution in [0.25, 0.3) is 0 Å². The molecule has 1 aromatic carbocycles. The molecule has 3 heteroatoms. The fourth-order valence-electron chi connectivity index (χ4n) is 1.68. The van der Waals surface area contributed by atoms with Gasteiger partial charge in [0.1, 0.15) is 0 Å². The van der Waals surface area contributed by atoms with Gasteiger partial charge >= 0.3 is 6.18 Å². The number of alkyl halides is 3. The van der Waals surface area contributed by atoms with Crippen LogP contribution in [0.5, 0.6) is 0 Å². The molecule has 1 aliphatic rings. The van der Waals surface area contributed by atoms with Crippen molar-refractivity contribution in [2.45, 2.75) is 31.9 Å². The number of halogens is 3. The van der Waals surface area contributed by atoms with Gasteiger partial charge in [0.05, 0.1) is 5.56 Å². The molecule has 0 atom stereocenters. The lowest BCUT2D eigenvalue weighted by Gasteiger charge is -2.08. The second-order valence-electron chi connectivity index (χ2n) is 4.18. The van der Waals surface area contributed by atoms with Gasteiger partial charge in [0, 0.05) is 0 Å². The number of hydrogen-bond donors (Lipinski definition) is 0. The Kier molecular flexibility index (Phi) is 2.72. The van der Waals surface area contributed by atoms with Gasteiger partial charge in [0.2, 0.25) is 0 Å². The van der Waals surface area contributed by atoms with E-state index in [4.69, 9.17) is 0 Å². The van der Waals surface area contributed by atoms with Crippen LogP contribution in [0.3, 0.4) is 0 Å². The third-order valence-electron chi connectivity index (χ3n) is 2.79. The molecule has 1 aliphatic carbocycles. The molecule has 0 amide bonds. The van der Waals surface area contributed by atoms with Crippen molar-refractivity contribution in [3.63, 3.8) is 0 Å². The second-order valence-corrected chi connectivity index (χ2v) is 4.18. The molecule has 0 aliphatic heterocycles. The number of aryl methyl sites for hydroxylation is 1. The van der Waals surface area contributed by atoms with Gasteiger partial charge < -0.3 is 0 Å². The number of rotatable bonds is 3. The minimum absolute atomic E-state index is 0.532. The van der Waals surface area contributed by atoms with Crippen LogP contribution in [0.15, 0.2) is 24.3 Å². The van der Waals surface area contributed by atoms with E-state index < -0.39 is 11.7 Å². The first-order valence-electron chi connectivity index (χ1n) is 5.22. The van der Waals surface area contributed by atoms with Crippen molar-refractivity contribution in [3.05, 3.63) is 35.4 Å². The van der Waals surface area contributed by atoms with Crippen LogP contribution in [-0.4, -0.2) is 0 Å². The fraction of sp³-hybridized carbons (Fsp3) is 0.500. The first-order chi connectivity index (χ1) is 7.05. The van der Waals surface area contributed by atoms with E-state index >= 15 is 0 Å². The highest BCUT2D eigenvalue weighted by Gasteiger charge is 2.30. The minimum Gasteiger partial charge on any atom is -0.166 e. The van der Waals surface area contributed by atoms with Crippen molar-refractivity contribution >= 4 is 0 Å². The summed E-state index contributed by atoms with van der Waals surface area (Å²) in [6.07, 6.45) is 0.0867. The molecule has 0 saturated heterocycles. The summed E-state index contributed by atoms with van der Waals surface area (Å²) in [5, 5.41) is 0. The predicted octanol–water partition coefficient (Wildman–Crippen LogP) is 4.05. The van der Waals surface area contributed by atoms with Crippen LogP contribution in [0.1, 0.15) is 30.4 Å². The first kappa shape index (κ1) is 10.5. The molecule has 1 aromatic rings. The van der Waals surface area contributed by atoms with E-state index in [-0.39, 0.29) is 0 Å². The van der Waals surface area contributed by atoms with Crippen LogP contribution in [-0.2, 0) is 12.6 Å². The van der Waals surface area contributed by atoms with Gasteiger partial charge in [0.15, 0.2) is 0 Å². The van der Waals surface area contributed by atoms with E-state index in [0.717, 1.165) is 30.4 Å². The molecule has 15 heavy (non-hydrogen) atoms. The van der Waals surface area contributed by atoms with E-state index in [1.165, 1.54) is 25.0 Å². The summed E-state index contributed by atoms with van der Waals surface area (Å²) in [5.41, 5.74) is 0.271. The van der Waals surface area contributed by atoms with Crippen LogP contribution in [0.2, 0.25) is 0 Å². The van der Waals surface area contributed by atoms with Crippen LogP contribution < -0.4 is 0 Å². The lowest BCUT2D eigenvalue weighted by atomic mass is 10.0. The Labute approximate surface area is 87.1 Å². The average Bonchev–Trinajstić information content (AvgIpc) is 2.97. The zero-order valence-electron chi connectivity index (χ0n) is 8.35. The molecule has 2 rings (SSSR count). The topological polar surface area (TPSA) is 0 Å². The zero-order valence-corrected chi connectivity index (χ0v) is 8.35. The fourth-order valence-corrected chi connectivity index (χ4v) is 1.68. The summed E-state index contributed by atoms with van der Waals surface area (Å²) < 4.78 is 37.1. The number of hydrogen-bond acceptors (Lipinski definition) is 0. The van der Waals surface area contributed by atoms with E-state index in [1.54, 1.807) is 6.07 Å². The molecule has 0 aromatic heterocycles. The van der Waals surface area contributed by atoms with Crippen molar-refractivity contribution in [1.82, 2.24) is 0 Å². The summed E-state index contributed by atoms with van der Waals surface area (Å²) in [6.45, 7) is 0.